The molecule has 1 aliphatic heterocycles. The zero-order valence-electron chi connectivity index (χ0n) is 13.2. The van der Waals surface area contributed by atoms with Crippen LogP contribution in [0.2, 0.25) is 0 Å². The standard InChI is InChI=1S/C16H18N2O4S/c1-11-8-12-6-4-5-7-14(12)18(11)23(20,21)13-9-15(16(19)22-3)17(2)10-13/h4-7,9-11H,8H2,1-3H3/t11-/m1/s1. The Morgan fingerprint density at radius 1 is 1.30 bits per heavy atom. The number of carbonyl (C=O) groups is 1. The van der Waals surface area contributed by atoms with Crippen molar-refractivity contribution in [1.29, 1.82) is 0 Å². The first-order valence-electron chi connectivity index (χ1n) is 7.23. The third-order valence-corrected chi connectivity index (χ3v) is 5.97. The lowest BCUT2D eigenvalue weighted by Gasteiger charge is -2.23. The van der Waals surface area contributed by atoms with Gasteiger partial charge in [0.25, 0.3) is 10.0 Å². The molecule has 2 aromatic rings. The highest BCUT2D eigenvalue weighted by Crippen LogP contribution is 2.36. The average molecular weight is 334 g/mol. The molecule has 0 spiro atoms. The summed E-state index contributed by atoms with van der Waals surface area (Å²) in [6, 6.07) is 8.66. The Hall–Kier alpha value is -2.28. The number of esters is 1. The van der Waals surface area contributed by atoms with Crippen molar-refractivity contribution in [3.8, 4) is 0 Å². The summed E-state index contributed by atoms with van der Waals surface area (Å²) in [5.74, 6) is -0.566. The Kier molecular flexibility index (Phi) is 3.68. The lowest BCUT2D eigenvalue weighted by molar-refractivity contribution is 0.0590. The molecule has 0 saturated carbocycles. The van der Waals surface area contributed by atoms with E-state index in [-0.39, 0.29) is 16.6 Å². The largest absolute Gasteiger partial charge is 0.464 e. The normalized spacial score (nSPS) is 17.2. The molecule has 23 heavy (non-hydrogen) atoms. The van der Waals surface area contributed by atoms with Gasteiger partial charge in [0, 0.05) is 19.3 Å². The van der Waals surface area contributed by atoms with E-state index in [1.165, 1.54) is 28.2 Å². The molecule has 1 aliphatic rings. The van der Waals surface area contributed by atoms with E-state index in [2.05, 4.69) is 4.74 Å². The van der Waals surface area contributed by atoms with E-state index in [1.54, 1.807) is 13.1 Å². The molecule has 1 aromatic heterocycles. The maximum absolute atomic E-state index is 13.0. The van der Waals surface area contributed by atoms with Crippen molar-refractivity contribution in [2.45, 2.75) is 24.3 Å². The van der Waals surface area contributed by atoms with Crippen LogP contribution in [0.15, 0.2) is 41.4 Å². The highest BCUT2D eigenvalue weighted by atomic mass is 32.2. The van der Waals surface area contributed by atoms with Crippen molar-refractivity contribution < 1.29 is 17.9 Å². The summed E-state index contributed by atoms with van der Waals surface area (Å²) in [7, 11) is -0.856. The zero-order valence-corrected chi connectivity index (χ0v) is 14.0. The minimum absolute atomic E-state index is 0.0870. The molecule has 0 N–H and O–H groups in total. The Morgan fingerprint density at radius 2 is 2.00 bits per heavy atom. The minimum atomic E-state index is -3.74. The maximum Gasteiger partial charge on any atom is 0.354 e. The van der Waals surface area contributed by atoms with Crippen LogP contribution in [0.3, 0.4) is 0 Å². The molecule has 3 rings (SSSR count). The number of methoxy groups -OCH3 is 1. The molecule has 0 radical (unpaired) electrons. The predicted octanol–water partition coefficient (Wildman–Crippen LogP) is 1.95. The molecular formula is C16H18N2O4S. The van der Waals surface area contributed by atoms with Gasteiger partial charge in [-0.15, -0.1) is 0 Å². The van der Waals surface area contributed by atoms with Crippen molar-refractivity contribution in [3.63, 3.8) is 0 Å². The molecule has 7 heteroatoms. The van der Waals surface area contributed by atoms with Gasteiger partial charge < -0.3 is 9.30 Å². The Balaban J connectivity index is 2.08. The van der Waals surface area contributed by atoms with Crippen LogP contribution in [0.5, 0.6) is 0 Å². The number of nitrogens with zero attached hydrogens (tertiary/aromatic N) is 2. The second-order valence-electron chi connectivity index (χ2n) is 5.65. The van der Waals surface area contributed by atoms with E-state index in [4.69, 9.17) is 0 Å². The van der Waals surface area contributed by atoms with Gasteiger partial charge in [0.15, 0.2) is 0 Å². The van der Waals surface area contributed by atoms with Crippen LogP contribution in [-0.2, 0) is 28.2 Å². The number of hydrogen-bond acceptors (Lipinski definition) is 4. The number of carbonyl (C=O) groups excluding carboxylic acids is 1. The molecular weight excluding hydrogens is 316 g/mol. The molecule has 2 heterocycles. The van der Waals surface area contributed by atoms with E-state index in [1.807, 2.05) is 25.1 Å². The quantitative estimate of drug-likeness (QED) is 0.805. The molecule has 0 saturated heterocycles. The Bertz CT molecular complexity index is 870. The van der Waals surface area contributed by atoms with Crippen molar-refractivity contribution in [2.75, 3.05) is 11.4 Å². The lowest BCUT2D eigenvalue weighted by atomic mass is 10.1. The predicted molar refractivity (Wildman–Crippen MR) is 86.0 cm³/mol. The van der Waals surface area contributed by atoms with Crippen LogP contribution < -0.4 is 4.31 Å². The number of anilines is 1. The number of para-hydroxylation sites is 1. The number of aromatic nitrogens is 1. The van der Waals surface area contributed by atoms with E-state index < -0.39 is 16.0 Å². The van der Waals surface area contributed by atoms with Gasteiger partial charge in [-0.05, 0) is 31.0 Å². The Labute approximate surface area is 135 Å². The monoisotopic (exact) mass is 334 g/mol. The first-order chi connectivity index (χ1) is 10.9. The second kappa shape index (κ2) is 5.42. The second-order valence-corrected chi connectivity index (χ2v) is 7.46. The third-order valence-electron chi connectivity index (χ3n) is 4.08. The first kappa shape index (κ1) is 15.6. The van der Waals surface area contributed by atoms with Gasteiger partial charge in [-0.1, -0.05) is 18.2 Å². The fourth-order valence-corrected chi connectivity index (χ4v) is 4.76. The maximum atomic E-state index is 13.0. The highest BCUT2D eigenvalue weighted by molar-refractivity contribution is 7.92. The van der Waals surface area contributed by atoms with Gasteiger partial charge in [0.05, 0.1) is 12.8 Å². The van der Waals surface area contributed by atoms with Crippen LogP contribution in [0.25, 0.3) is 0 Å². The van der Waals surface area contributed by atoms with Crippen LogP contribution in [-0.4, -0.2) is 32.1 Å². The zero-order chi connectivity index (χ0) is 16.8. The molecule has 0 unspecified atom stereocenters. The number of aryl methyl sites for hydroxylation is 1. The fraction of sp³-hybridized carbons (Fsp3) is 0.312. The van der Waals surface area contributed by atoms with Crippen molar-refractivity contribution >= 4 is 21.7 Å². The Morgan fingerprint density at radius 3 is 2.70 bits per heavy atom. The van der Waals surface area contributed by atoms with Crippen LogP contribution in [0, 0.1) is 0 Å². The van der Waals surface area contributed by atoms with Crippen LogP contribution >= 0.6 is 0 Å². The van der Waals surface area contributed by atoms with Crippen LogP contribution in [0.4, 0.5) is 5.69 Å². The summed E-state index contributed by atoms with van der Waals surface area (Å²) < 4.78 is 33.7. The molecule has 1 atom stereocenters. The summed E-state index contributed by atoms with van der Waals surface area (Å²) >= 11 is 0. The summed E-state index contributed by atoms with van der Waals surface area (Å²) in [5, 5.41) is 0. The van der Waals surface area contributed by atoms with Crippen molar-refractivity contribution in [3.05, 3.63) is 47.8 Å². The molecule has 0 fully saturated rings. The first-order valence-corrected chi connectivity index (χ1v) is 8.67. The van der Waals surface area contributed by atoms with Gasteiger partial charge in [0.1, 0.15) is 10.6 Å². The number of sulfonamides is 1. The topological polar surface area (TPSA) is 68.6 Å². The molecule has 122 valence electrons. The van der Waals surface area contributed by atoms with E-state index in [0.717, 1.165) is 5.56 Å². The molecule has 0 bridgehead atoms. The van der Waals surface area contributed by atoms with Crippen LogP contribution in [0.1, 0.15) is 23.0 Å². The van der Waals surface area contributed by atoms with Gasteiger partial charge >= 0.3 is 5.97 Å². The molecule has 0 amide bonds. The van der Waals surface area contributed by atoms with E-state index >= 15 is 0 Å². The van der Waals surface area contributed by atoms with E-state index in [9.17, 15) is 13.2 Å². The smallest absolute Gasteiger partial charge is 0.354 e. The molecule has 0 aliphatic carbocycles. The number of benzene rings is 1. The SMILES string of the molecule is COC(=O)c1cc(S(=O)(=O)N2c3ccccc3C[C@H]2C)cn1C. The summed E-state index contributed by atoms with van der Waals surface area (Å²) in [6.45, 7) is 1.88. The van der Waals surface area contributed by atoms with Gasteiger partial charge in [0.2, 0.25) is 0 Å². The van der Waals surface area contributed by atoms with Crippen molar-refractivity contribution in [1.82, 2.24) is 4.57 Å². The fourth-order valence-electron chi connectivity index (χ4n) is 3.00. The average Bonchev–Trinajstić information content (AvgIpc) is 3.06. The third kappa shape index (κ3) is 2.41. The number of fused-ring (bicyclic) bond motifs is 1. The highest BCUT2D eigenvalue weighted by Gasteiger charge is 2.36. The lowest BCUT2D eigenvalue weighted by Crippen LogP contribution is -2.35. The summed E-state index contributed by atoms with van der Waals surface area (Å²) in [5.41, 5.74) is 1.90. The molecule has 6 nitrogen and oxygen atoms in total. The number of ether oxygens (including phenoxy) is 1. The van der Waals surface area contributed by atoms with E-state index in [0.29, 0.717) is 12.1 Å². The van der Waals surface area contributed by atoms with Gasteiger partial charge in [-0.3, -0.25) is 4.31 Å². The van der Waals surface area contributed by atoms with Gasteiger partial charge in [-0.25, -0.2) is 13.2 Å². The summed E-state index contributed by atoms with van der Waals surface area (Å²) in [6.07, 6.45) is 2.11. The number of hydrogen-bond donors (Lipinski definition) is 0. The van der Waals surface area contributed by atoms with Crippen molar-refractivity contribution in [2.24, 2.45) is 7.05 Å². The molecule has 1 aromatic carbocycles. The van der Waals surface area contributed by atoms with Gasteiger partial charge in [-0.2, -0.15) is 0 Å². The summed E-state index contributed by atoms with van der Waals surface area (Å²) in [4.78, 5) is 11.8. The minimum Gasteiger partial charge on any atom is -0.464 e. The number of rotatable bonds is 3.